The molecule has 10 heavy (non-hydrogen) atoms. The molecule has 1 nitrogen and oxygen atoms in total. The van der Waals surface area contributed by atoms with Gasteiger partial charge in [0, 0.05) is 10.0 Å². The third kappa shape index (κ3) is 1.28. The van der Waals surface area contributed by atoms with Crippen molar-refractivity contribution in [1.82, 2.24) is 0 Å². The maximum Gasteiger partial charge on any atom is 0.0890 e. The average molecular weight is 214 g/mol. The highest BCUT2D eigenvalue weighted by molar-refractivity contribution is 9.10. The molecule has 0 bridgehead atoms. The summed E-state index contributed by atoms with van der Waals surface area (Å²) >= 11 is 3.38. The molecule has 1 atom stereocenters. The van der Waals surface area contributed by atoms with Crippen molar-refractivity contribution >= 4 is 30.1 Å². The first kappa shape index (κ1) is 6.51. The molecule has 3 heteroatoms. The van der Waals surface area contributed by atoms with E-state index in [0.717, 1.165) is 13.2 Å². The van der Waals surface area contributed by atoms with Gasteiger partial charge < -0.3 is 0 Å². The minimum absolute atomic E-state index is 0.725. The first-order valence-corrected chi connectivity index (χ1v) is 4.70. The number of hydrogen-bond acceptors (Lipinski definition) is 1. The first-order valence-electron chi connectivity index (χ1n) is 2.96. The second-order valence-corrected chi connectivity index (χ2v) is 3.92. The van der Waals surface area contributed by atoms with Gasteiger partial charge in [-0.1, -0.05) is 28.1 Å². The second kappa shape index (κ2) is 2.44. The fourth-order valence-corrected chi connectivity index (χ4v) is 1.51. The van der Waals surface area contributed by atoms with Crippen molar-refractivity contribution in [3.8, 4) is 0 Å². The van der Waals surface area contributed by atoms with Gasteiger partial charge in [0.25, 0.3) is 0 Å². The van der Waals surface area contributed by atoms with E-state index in [1.807, 2.05) is 12.1 Å². The Hall–Kier alpha value is -0.200. The maximum absolute atomic E-state index is 4.13. The fraction of sp³-hybridized carbons (Fsp3) is 0. The molecular weight excluding hydrogens is 209 g/mol. The van der Waals surface area contributed by atoms with Crippen LogP contribution in [0.1, 0.15) is 5.56 Å². The van der Waals surface area contributed by atoms with Crippen molar-refractivity contribution in [2.75, 3.05) is 0 Å². The van der Waals surface area contributed by atoms with Crippen LogP contribution in [0, 0.1) is 0 Å². The summed E-state index contributed by atoms with van der Waals surface area (Å²) in [6.07, 6.45) is 0. The van der Waals surface area contributed by atoms with Gasteiger partial charge in [-0.05, 0) is 12.1 Å². The summed E-state index contributed by atoms with van der Waals surface area (Å²) in [6.45, 7) is 0. The molecule has 0 fully saturated rings. The Morgan fingerprint density at radius 2 is 1.80 bits per heavy atom. The van der Waals surface area contributed by atoms with E-state index < -0.39 is 0 Å². The van der Waals surface area contributed by atoms with Gasteiger partial charge in [-0.15, -0.1) is 0 Å². The van der Waals surface area contributed by atoms with Gasteiger partial charge in [0.1, 0.15) is 0 Å². The molecule has 1 heterocycles. The third-order valence-electron chi connectivity index (χ3n) is 1.34. The number of hydrogen-bond donors (Lipinski definition) is 0. The molecule has 2 rings (SSSR count). The van der Waals surface area contributed by atoms with Crippen LogP contribution < -0.4 is 0 Å². The largest absolute Gasteiger partial charge is 0.256 e. The predicted molar refractivity (Wildman–Crippen MR) is 49.0 cm³/mol. The lowest BCUT2D eigenvalue weighted by molar-refractivity contribution is 1.63. The van der Waals surface area contributed by atoms with Crippen molar-refractivity contribution in [3.05, 3.63) is 34.3 Å². The zero-order chi connectivity index (χ0) is 6.97. The summed E-state index contributed by atoms with van der Waals surface area (Å²) in [5, 5.41) is 0. The molecule has 1 aliphatic heterocycles. The first-order chi connectivity index (χ1) is 4.86. The Bertz CT molecular complexity index is 278. The van der Waals surface area contributed by atoms with Crippen LogP contribution >= 0.6 is 24.7 Å². The zero-order valence-electron chi connectivity index (χ0n) is 5.13. The van der Waals surface area contributed by atoms with Crippen LogP contribution in [0.15, 0.2) is 33.5 Å². The SMILES string of the molecule is Brc1ccc(C2=NP2)cc1. The van der Waals surface area contributed by atoms with Crippen molar-refractivity contribution in [2.45, 2.75) is 0 Å². The van der Waals surface area contributed by atoms with E-state index in [1.165, 1.54) is 11.0 Å². The fourth-order valence-electron chi connectivity index (χ4n) is 0.765. The van der Waals surface area contributed by atoms with Crippen LogP contribution in [-0.4, -0.2) is 5.45 Å². The second-order valence-electron chi connectivity index (χ2n) is 2.08. The van der Waals surface area contributed by atoms with Gasteiger partial charge in [-0.3, -0.25) is 4.76 Å². The molecule has 0 saturated carbocycles. The summed E-state index contributed by atoms with van der Waals surface area (Å²) in [5.74, 6) is 0. The molecule has 1 aromatic carbocycles. The minimum atomic E-state index is 0.725. The molecule has 1 aliphatic rings. The third-order valence-corrected chi connectivity index (χ3v) is 2.61. The molecule has 50 valence electrons. The van der Waals surface area contributed by atoms with Gasteiger partial charge in [0.2, 0.25) is 0 Å². The van der Waals surface area contributed by atoms with Crippen molar-refractivity contribution in [3.63, 3.8) is 0 Å². The zero-order valence-corrected chi connectivity index (χ0v) is 7.72. The van der Waals surface area contributed by atoms with Gasteiger partial charge in [0.15, 0.2) is 0 Å². The van der Waals surface area contributed by atoms with Crippen LogP contribution in [0.2, 0.25) is 0 Å². The van der Waals surface area contributed by atoms with E-state index in [9.17, 15) is 0 Å². The molecule has 0 N–H and O–H groups in total. The minimum Gasteiger partial charge on any atom is -0.256 e. The van der Waals surface area contributed by atoms with E-state index in [2.05, 4.69) is 32.8 Å². The maximum atomic E-state index is 4.13. The molecule has 0 saturated heterocycles. The smallest absolute Gasteiger partial charge is 0.0890 e. The Morgan fingerprint density at radius 3 is 2.30 bits per heavy atom. The summed E-state index contributed by atoms with van der Waals surface area (Å²) < 4.78 is 5.26. The lowest BCUT2D eigenvalue weighted by atomic mass is 10.2. The van der Waals surface area contributed by atoms with Crippen LogP contribution in [-0.2, 0) is 0 Å². The molecule has 0 amide bonds. The summed E-state index contributed by atoms with van der Waals surface area (Å²) in [5.41, 5.74) is 2.52. The van der Waals surface area contributed by atoms with Crippen LogP contribution in [0.5, 0.6) is 0 Å². The normalized spacial score (nSPS) is 17.1. The summed E-state index contributed by atoms with van der Waals surface area (Å²) in [6, 6.07) is 8.26. The lowest BCUT2D eigenvalue weighted by Crippen LogP contribution is -1.79. The summed E-state index contributed by atoms with van der Waals surface area (Å²) in [7, 11) is 0.725. The monoisotopic (exact) mass is 213 g/mol. The molecule has 0 spiro atoms. The molecule has 0 radical (unpaired) electrons. The Morgan fingerprint density at radius 1 is 1.20 bits per heavy atom. The molecule has 1 unspecified atom stereocenters. The molecule has 1 aromatic rings. The standard InChI is InChI=1S/C7H5BrNP/c8-6-3-1-5(2-4-6)7-9-10-7/h1-4,10H. The van der Waals surface area contributed by atoms with E-state index in [-0.39, 0.29) is 0 Å². The van der Waals surface area contributed by atoms with Gasteiger partial charge >= 0.3 is 0 Å². The Kier molecular flexibility index (Phi) is 1.59. The van der Waals surface area contributed by atoms with E-state index in [0.29, 0.717) is 0 Å². The topological polar surface area (TPSA) is 12.4 Å². The quantitative estimate of drug-likeness (QED) is 0.637. The van der Waals surface area contributed by atoms with Gasteiger partial charge in [-0.25, -0.2) is 0 Å². The highest BCUT2D eigenvalue weighted by Gasteiger charge is 2.11. The highest BCUT2D eigenvalue weighted by Crippen LogP contribution is 2.36. The molecular formula is C7H5BrNP. The summed E-state index contributed by atoms with van der Waals surface area (Å²) in [4.78, 5) is 0. The van der Waals surface area contributed by atoms with Crippen LogP contribution in [0.25, 0.3) is 0 Å². The van der Waals surface area contributed by atoms with E-state index in [1.54, 1.807) is 0 Å². The number of rotatable bonds is 1. The van der Waals surface area contributed by atoms with Crippen LogP contribution in [0.3, 0.4) is 0 Å². The Balaban J connectivity index is 2.37. The number of benzene rings is 1. The average Bonchev–Trinajstić information content (AvgIpc) is 2.71. The lowest BCUT2D eigenvalue weighted by Gasteiger charge is -1.90. The van der Waals surface area contributed by atoms with E-state index in [4.69, 9.17) is 0 Å². The molecule has 0 aliphatic carbocycles. The van der Waals surface area contributed by atoms with Crippen molar-refractivity contribution in [1.29, 1.82) is 0 Å². The Labute approximate surface area is 69.5 Å². The predicted octanol–water partition coefficient (Wildman–Crippen LogP) is 2.80. The number of halogens is 1. The van der Waals surface area contributed by atoms with Crippen molar-refractivity contribution < 1.29 is 0 Å². The van der Waals surface area contributed by atoms with E-state index >= 15 is 0 Å². The van der Waals surface area contributed by atoms with Crippen molar-refractivity contribution in [2.24, 2.45) is 4.76 Å². The van der Waals surface area contributed by atoms with Crippen LogP contribution in [0.4, 0.5) is 0 Å². The number of nitrogens with zero attached hydrogens (tertiary/aromatic N) is 1. The van der Waals surface area contributed by atoms with Gasteiger partial charge in [-0.2, -0.15) is 0 Å². The molecule has 0 aromatic heterocycles. The van der Waals surface area contributed by atoms with Gasteiger partial charge in [0.05, 0.1) is 14.2 Å². The highest BCUT2D eigenvalue weighted by atomic mass is 79.9.